The second-order valence-electron chi connectivity index (χ2n) is 0. The van der Waals surface area contributed by atoms with Crippen molar-refractivity contribution in [2.75, 3.05) is 0 Å². The zero-order valence-electron chi connectivity index (χ0n) is 2.50. The molecule has 0 aromatic heterocycles. The van der Waals surface area contributed by atoms with E-state index in [1.54, 1.807) is 0 Å². The molecule has 32 valence electrons. The summed E-state index contributed by atoms with van der Waals surface area (Å²) in [4.78, 5) is 0. The van der Waals surface area contributed by atoms with Gasteiger partial charge in [0.2, 0.25) is 0 Å². The van der Waals surface area contributed by atoms with E-state index >= 15 is 0 Å². The van der Waals surface area contributed by atoms with E-state index in [9.17, 15) is 0 Å². The van der Waals surface area contributed by atoms with Crippen LogP contribution >= 0.6 is 40.5 Å². The first kappa shape index (κ1) is 58.9. The fraction of sp³-hybridized carbons (Fsp3) is 0. The molecule has 0 saturated heterocycles. The second-order valence-corrected chi connectivity index (χ2v) is 0. The van der Waals surface area contributed by atoms with Crippen molar-refractivity contribution in [2.45, 2.75) is 0 Å². The summed E-state index contributed by atoms with van der Waals surface area (Å²) in [5.41, 5.74) is 0. The van der Waals surface area contributed by atoms with Crippen LogP contribution in [0.5, 0.6) is 0 Å². The van der Waals surface area contributed by atoms with Gasteiger partial charge in [-0.15, -0.1) is 0 Å². The van der Waals surface area contributed by atoms with Crippen LogP contribution in [0.1, 0.15) is 0 Å². The first-order chi connectivity index (χ1) is 0. The summed E-state index contributed by atoms with van der Waals surface area (Å²) in [5, 5.41) is 0. The fourth-order valence-electron chi connectivity index (χ4n) is 0. The van der Waals surface area contributed by atoms with Crippen molar-refractivity contribution in [3.05, 3.63) is 0 Å². The standard InChI is InChI=1S/2Ge.3H2S/h;;3*1H2. The summed E-state index contributed by atoms with van der Waals surface area (Å²) in [7, 11) is 0. The third kappa shape index (κ3) is 23.0. The van der Waals surface area contributed by atoms with Gasteiger partial charge in [0.05, 0.1) is 0 Å². The van der Waals surface area contributed by atoms with Gasteiger partial charge in [-0.05, 0) is 0 Å². The molecule has 0 aromatic rings. The zero-order valence-corrected chi connectivity index (χ0v) is 9.70. The molecule has 0 atom stereocenters. The van der Waals surface area contributed by atoms with Gasteiger partial charge in [-0.1, -0.05) is 0 Å². The van der Waals surface area contributed by atoms with E-state index in [2.05, 4.69) is 0 Å². The Hall–Kier alpha value is 2.14. The maximum atomic E-state index is 0. The molecule has 0 aromatic carbocycles. The number of hydrogen-bond donors (Lipinski definition) is 0. The summed E-state index contributed by atoms with van der Waals surface area (Å²) in [5.74, 6) is 0. The predicted octanol–water partition coefficient (Wildman–Crippen LogP) is -0.423. The summed E-state index contributed by atoms with van der Waals surface area (Å²) >= 11 is 0. The monoisotopic (exact) mass is 250 g/mol. The van der Waals surface area contributed by atoms with Crippen LogP contribution in [0.2, 0.25) is 0 Å². The fourth-order valence-corrected chi connectivity index (χ4v) is 0. The van der Waals surface area contributed by atoms with Crippen molar-refractivity contribution in [2.24, 2.45) is 0 Å². The zero-order chi connectivity index (χ0) is 0. The third-order valence-electron chi connectivity index (χ3n) is 0. The van der Waals surface area contributed by atoms with Crippen molar-refractivity contribution in [1.29, 1.82) is 0 Å². The first-order valence-electron chi connectivity index (χ1n) is 0. The Morgan fingerprint density at radius 2 is 0.400 bits per heavy atom. The quantitative estimate of drug-likeness (QED) is 0.510. The Balaban J connectivity index is 0. The Bertz CT molecular complexity index is 4.85. The molecule has 0 bridgehead atoms. The normalized spacial score (nSPS) is 0. The van der Waals surface area contributed by atoms with E-state index in [4.69, 9.17) is 0 Å². The average molecular weight is 247 g/mol. The van der Waals surface area contributed by atoms with Gasteiger partial charge < -0.3 is 0 Å². The Morgan fingerprint density at radius 3 is 0.400 bits per heavy atom. The molecule has 0 heterocycles. The molecule has 5 heavy (non-hydrogen) atoms. The molecule has 5 heteroatoms. The molecule has 0 saturated carbocycles. The van der Waals surface area contributed by atoms with Gasteiger partial charge >= 0.3 is 0 Å². The van der Waals surface area contributed by atoms with Crippen LogP contribution in [0, 0.1) is 0 Å². The van der Waals surface area contributed by atoms with Crippen molar-refractivity contribution < 1.29 is 0 Å². The SMILES string of the molecule is S.S.S.[Ge].[Ge]. The van der Waals surface area contributed by atoms with Crippen molar-refractivity contribution in [1.82, 2.24) is 0 Å². The minimum absolute atomic E-state index is 0. The van der Waals surface area contributed by atoms with Gasteiger partial charge in [0.1, 0.15) is 0 Å². The summed E-state index contributed by atoms with van der Waals surface area (Å²) < 4.78 is 0. The molecule has 0 unspecified atom stereocenters. The Labute approximate surface area is 75.1 Å². The van der Waals surface area contributed by atoms with Crippen molar-refractivity contribution in [3.63, 3.8) is 0 Å². The van der Waals surface area contributed by atoms with Crippen molar-refractivity contribution in [3.8, 4) is 0 Å². The molecule has 0 amide bonds. The van der Waals surface area contributed by atoms with Gasteiger partial charge in [-0.3, -0.25) is 0 Å². The van der Waals surface area contributed by atoms with Gasteiger partial charge in [0.25, 0.3) is 0 Å². The molecule has 0 nitrogen and oxygen atoms in total. The molecule has 8 radical (unpaired) electrons. The number of hydrogen-bond acceptors (Lipinski definition) is 0. The van der Waals surface area contributed by atoms with Gasteiger partial charge in [0, 0.05) is 35.2 Å². The minimum Gasteiger partial charge on any atom is -0.197 e. The van der Waals surface area contributed by atoms with E-state index in [-0.39, 0.29) is 75.7 Å². The van der Waals surface area contributed by atoms with Crippen LogP contribution in [0.25, 0.3) is 0 Å². The molecule has 0 aliphatic rings. The van der Waals surface area contributed by atoms with Gasteiger partial charge in [0.15, 0.2) is 0 Å². The van der Waals surface area contributed by atoms with E-state index < -0.39 is 0 Å². The van der Waals surface area contributed by atoms with Crippen LogP contribution in [-0.2, 0) is 0 Å². The summed E-state index contributed by atoms with van der Waals surface area (Å²) in [6.45, 7) is 0. The molecule has 0 aliphatic heterocycles. The molecule has 0 spiro atoms. The topological polar surface area (TPSA) is 0 Å². The first-order valence-corrected chi connectivity index (χ1v) is 0. The van der Waals surface area contributed by atoms with Crippen LogP contribution in [0.3, 0.4) is 0 Å². The Morgan fingerprint density at radius 1 is 0.400 bits per heavy atom. The van der Waals surface area contributed by atoms with E-state index in [0.29, 0.717) is 0 Å². The summed E-state index contributed by atoms with van der Waals surface area (Å²) in [6, 6.07) is 0. The number of rotatable bonds is 0. The second kappa shape index (κ2) is 35.5. The van der Waals surface area contributed by atoms with Crippen LogP contribution < -0.4 is 0 Å². The molecule has 0 N–H and O–H groups in total. The molecular formula is H6Ge2S3. The average Bonchev–Trinajstić information content (AvgIpc) is 0. The van der Waals surface area contributed by atoms with Crippen LogP contribution in [0.15, 0.2) is 0 Å². The van der Waals surface area contributed by atoms with E-state index in [0.717, 1.165) is 0 Å². The molecule has 0 aliphatic carbocycles. The van der Waals surface area contributed by atoms with E-state index in [1.807, 2.05) is 0 Å². The van der Waals surface area contributed by atoms with Gasteiger partial charge in [-0.2, -0.15) is 40.5 Å². The summed E-state index contributed by atoms with van der Waals surface area (Å²) in [6.07, 6.45) is 0. The molecule has 0 rings (SSSR count). The van der Waals surface area contributed by atoms with Gasteiger partial charge in [-0.25, -0.2) is 0 Å². The maximum absolute atomic E-state index is 0. The largest absolute Gasteiger partial charge is 0.197 e. The molecule has 0 fully saturated rings. The van der Waals surface area contributed by atoms with Crippen LogP contribution in [-0.4, -0.2) is 35.2 Å². The van der Waals surface area contributed by atoms with Crippen molar-refractivity contribution >= 4 is 75.7 Å². The predicted molar refractivity (Wildman–Crippen MR) is 42.7 cm³/mol. The molecular weight excluding hydrogens is 241 g/mol. The Kier molecular flexibility index (Phi) is 418. The minimum atomic E-state index is 0. The smallest absolute Gasteiger partial charge is 0 e. The van der Waals surface area contributed by atoms with Crippen LogP contribution in [0.4, 0.5) is 0 Å². The third-order valence-corrected chi connectivity index (χ3v) is 0. The maximum Gasteiger partial charge on any atom is 0 e. The van der Waals surface area contributed by atoms with E-state index in [1.165, 1.54) is 0 Å².